The van der Waals surface area contributed by atoms with E-state index in [2.05, 4.69) is 24.9 Å². The van der Waals surface area contributed by atoms with Gasteiger partial charge in [0.2, 0.25) is 0 Å². The molecule has 1 aliphatic rings. The smallest absolute Gasteiger partial charge is 0.000896 e. The monoisotopic (exact) mass is 259 g/mol. The third-order valence-corrected chi connectivity index (χ3v) is 4.88. The molecule has 1 nitrogen and oxygen atoms in total. The summed E-state index contributed by atoms with van der Waals surface area (Å²) in [5.74, 6) is 2.10. The minimum absolute atomic E-state index is 0.763. The first-order chi connectivity index (χ1) is 8.79. The SMILES string of the molecule is Cc1ccc(C(C=PC2CCCCC2)=C[O-])cc1. The van der Waals surface area contributed by atoms with Crippen LogP contribution in [0.1, 0.15) is 43.2 Å². The summed E-state index contributed by atoms with van der Waals surface area (Å²) < 4.78 is 0. The van der Waals surface area contributed by atoms with Gasteiger partial charge in [0.15, 0.2) is 0 Å². The first-order valence-corrected chi connectivity index (χ1v) is 7.75. The van der Waals surface area contributed by atoms with E-state index in [1.54, 1.807) is 0 Å². The van der Waals surface area contributed by atoms with Crippen molar-refractivity contribution in [3.63, 3.8) is 0 Å². The summed E-state index contributed by atoms with van der Waals surface area (Å²) in [5, 5.41) is 11.2. The van der Waals surface area contributed by atoms with Crippen LogP contribution in [0.3, 0.4) is 0 Å². The molecule has 0 spiro atoms. The van der Waals surface area contributed by atoms with E-state index in [0.717, 1.165) is 23.1 Å². The van der Waals surface area contributed by atoms with Gasteiger partial charge in [0.1, 0.15) is 0 Å². The van der Waals surface area contributed by atoms with Gasteiger partial charge >= 0.3 is 0 Å². The lowest BCUT2D eigenvalue weighted by molar-refractivity contribution is -0.273. The van der Waals surface area contributed by atoms with Gasteiger partial charge in [-0.25, -0.2) is 0 Å². The van der Waals surface area contributed by atoms with Crippen LogP contribution in [-0.2, 0) is 0 Å². The zero-order chi connectivity index (χ0) is 12.8. The van der Waals surface area contributed by atoms with E-state index >= 15 is 0 Å². The quantitative estimate of drug-likeness (QED) is 0.598. The third-order valence-electron chi connectivity index (χ3n) is 3.51. The van der Waals surface area contributed by atoms with Crippen LogP contribution < -0.4 is 5.11 Å². The Hall–Kier alpha value is -1.07. The standard InChI is InChI=1S/C16H21OP/c1-13-7-9-14(10-8-13)15(11-17)12-18-16-5-3-2-4-6-16/h7-12,16-17H,2-6H2,1H3/p-1. The molecule has 0 aliphatic heterocycles. The van der Waals surface area contributed by atoms with Gasteiger partial charge in [-0.15, -0.1) is 14.5 Å². The Bertz CT molecular complexity index is 425. The maximum atomic E-state index is 11.2. The van der Waals surface area contributed by atoms with E-state index in [1.165, 1.54) is 45.9 Å². The minimum Gasteiger partial charge on any atom is -0.877 e. The molecule has 18 heavy (non-hydrogen) atoms. The molecule has 1 aliphatic carbocycles. The highest BCUT2D eigenvalue weighted by atomic mass is 31.1. The van der Waals surface area contributed by atoms with Gasteiger partial charge < -0.3 is 5.11 Å². The summed E-state index contributed by atoms with van der Waals surface area (Å²) >= 11 is 0. The second-order valence-corrected chi connectivity index (χ2v) is 6.30. The maximum absolute atomic E-state index is 11.2. The lowest BCUT2D eigenvalue weighted by Gasteiger charge is -2.17. The fourth-order valence-electron chi connectivity index (χ4n) is 2.33. The molecular weight excluding hydrogens is 239 g/mol. The Morgan fingerprint density at radius 3 is 2.44 bits per heavy atom. The van der Waals surface area contributed by atoms with E-state index in [-0.39, 0.29) is 0 Å². The number of allylic oxidation sites excluding steroid dienone is 1. The van der Waals surface area contributed by atoms with Crippen LogP contribution in [0.4, 0.5) is 0 Å². The predicted octanol–water partition coefficient (Wildman–Crippen LogP) is 3.78. The molecule has 0 saturated heterocycles. The zero-order valence-electron chi connectivity index (χ0n) is 10.9. The number of hydrogen-bond donors (Lipinski definition) is 0. The number of hydrogen-bond acceptors (Lipinski definition) is 1. The highest BCUT2D eigenvalue weighted by Crippen LogP contribution is 2.28. The van der Waals surface area contributed by atoms with Crippen molar-refractivity contribution in [3.8, 4) is 0 Å². The highest BCUT2D eigenvalue weighted by Gasteiger charge is 2.10. The first-order valence-electron chi connectivity index (χ1n) is 6.72. The topological polar surface area (TPSA) is 23.1 Å². The van der Waals surface area contributed by atoms with Crippen molar-refractivity contribution < 1.29 is 5.11 Å². The van der Waals surface area contributed by atoms with Crippen LogP contribution in [0.2, 0.25) is 0 Å². The molecule has 0 radical (unpaired) electrons. The average molecular weight is 259 g/mol. The van der Waals surface area contributed by atoms with Gasteiger partial charge in [-0.2, -0.15) is 0 Å². The van der Waals surface area contributed by atoms with Crippen LogP contribution in [0, 0.1) is 6.92 Å². The Morgan fingerprint density at radius 1 is 1.17 bits per heavy atom. The Morgan fingerprint density at radius 2 is 1.83 bits per heavy atom. The van der Waals surface area contributed by atoms with Crippen LogP contribution in [-0.4, -0.2) is 11.5 Å². The summed E-state index contributed by atoms with van der Waals surface area (Å²) in [6.45, 7) is 2.06. The van der Waals surface area contributed by atoms with Gasteiger partial charge in [0.05, 0.1) is 0 Å². The van der Waals surface area contributed by atoms with Crippen molar-refractivity contribution in [2.45, 2.75) is 44.7 Å². The van der Waals surface area contributed by atoms with Crippen LogP contribution in [0.5, 0.6) is 0 Å². The van der Waals surface area contributed by atoms with Gasteiger partial charge in [0.25, 0.3) is 0 Å². The van der Waals surface area contributed by atoms with Crippen molar-refractivity contribution in [1.29, 1.82) is 0 Å². The predicted molar refractivity (Wildman–Crippen MR) is 79.0 cm³/mol. The number of aryl methyl sites for hydroxylation is 1. The van der Waals surface area contributed by atoms with Gasteiger partial charge in [0, 0.05) is 5.66 Å². The van der Waals surface area contributed by atoms with E-state index < -0.39 is 0 Å². The van der Waals surface area contributed by atoms with Crippen molar-refractivity contribution in [2.75, 3.05) is 0 Å². The van der Waals surface area contributed by atoms with Crippen LogP contribution in [0.25, 0.3) is 5.57 Å². The molecule has 1 fully saturated rings. The largest absolute Gasteiger partial charge is 0.877 e. The van der Waals surface area contributed by atoms with Crippen LogP contribution >= 0.6 is 8.20 Å². The van der Waals surface area contributed by atoms with Crippen molar-refractivity contribution in [1.82, 2.24) is 0 Å². The van der Waals surface area contributed by atoms with E-state index in [0.29, 0.717) is 0 Å². The fourth-order valence-corrected chi connectivity index (χ4v) is 3.58. The maximum Gasteiger partial charge on any atom is 0.000896 e. The molecule has 0 atom stereocenters. The molecule has 0 aromatic heterocycles. The number of benzene rings is 1. The van der Waals surface area contributed by atoms with Crippen LogP contribution in [0.15, 0.2) is 30.5 Å². The lowest BCUT2D eigenvalue weighted by atomic mass is 10.0. The molecule has 2 heteroatoms. The molecule has 1 aromatic rings. The van der Waals surface area contributed by atoms with E-state index in [1.807, 2.05) is 12.1 Å². The minimum atomic E-state index is 0.763. The Labute approximate surface area is 111 Å². The van der Waals surface area contributed by atoms with Gasteiger partial charge in [-0.3, -0.25) is 0 Å². The molecular formula is C16H20OP-. The second-order valence-electron chi connectivity index (χ2n) is 5.01. The normalized spacial score (nSPS) is 18.4. The number of rotatable bonds is 3. The second kappa shape index (κ2) is 6.75. The Balaban J connectivity index is 2.05. The zero-order valence-corrected chi connectivity index (χ0v) is 11.8. The first kappa shape index (κ1) is 13.4. The van der Waals surface area contributed by atoms with Crippen molar-refractivity contribution >= 4 is 19.6 Å². The van der Waals surface area contributed by atoms with Crippen molar-refractivity contribution in [2.24, 2.45) is 0 Å². The third kappa shape index (κ3) is 3.71. The van der Waals surface area contributed by atoms with Crippen molar-refractivity contribution in [3.05, 3.63) is 41.7 Å². The summed E-state index contributed by atoms with van der Waals surface area (Å²) in [4.78, 5) is 0. The molecule has 96 valence electrons. The molecule has 0 heterocycles. The molecule has 0 bridgehead atoms. The molecule has 0 amide bonds. The molecule has 1 saturated carbocycles. The lowest BCUT2D eigenvalue weighted by Crippen LogP contribution is -2.05. The fraction of sp³-hybridized carbons (Fsp3) is 0.438. The van der Waals surface area contributed by atoms with Gasteiger partial charge in [-0.1, -0.05) is 49.1 Å². The highest BCUT2D eigenvalue weighted by molar-refractivity contribution is 7.40. The summed E-state index contributed by atoms with van der Waals surface area (Å²) in [5.41, 5.74) is 3.87. The summed E-state index contributed by atoms with van der Waals surface area (Å²) in [6.07, 6.45) is 7.71. The molecule has 1 aromatic carbocycles. The summed E-state index contributed by atoms with van der Waals surface area (Å²) in [7, 11) is 1.32. The van der Waals surface area contributed by atoms with Gasteiger partial charge in [-0.05, 0) is 36.7 Å². The molecule has 2 rings (SSSR count). The average Bonchev–Trinajstić information content (AvgIpc) is 2.42. The van der Waals surface area contributed by atoms with E-state index in [9.17, 15) is 5.11 Å². The van der Waals surface area contributed by atoms with E-state index in [4.69, 9.17) is 0 Å². The molecule has 0 N–H and O–H groups in total. The molecule has 0 unspecified atom stereocenters. The Kier molecular flexibility index (Phi) is 5.01. The summed E-state index contributed by atoms with van der Waals surface area (Å²) in [6, 6.07) is 8.19.